The van der Waals surface area contributed by atoms with Crippen LogP contribution in [0.3, 0.4) is 0 Å². The van der Waals surface area contributed by atoms with Crippen LogP contribution in [0.5, 0.6) is 5.75 Å². The molecule has 41 heavy (non-hydrogen) atoms. The Balaban J connectivity index is 1.35. The molecule has 1 unspecified atom stereocenters. The van der Waals surface area contributed by atoms with Crippen LogP contribution in [0.2, 0.25) is 5.02 Å². The molecule has 1 aliphatic rings. The molecule has 1 amide bonds. The van der Waals surface area contributed by atoms with Crippen LogP contribution in [-0.4, -0.2) is 73.0 Å². The zero-order valence-electron chi connectivity index (χ0n) is 23.7. The largest absolute Gasteiger partial charge is 0.488 e. The number of hydrogen-bond donors (Lipinski definition) is 0. The van der Waals surface area contributed by atoms with Gasteiger partial charge < -0.3 is 19.1 Å². The SMILES string of the molecule is COC(COc1cc(-c2nnn(C3CCN(C(=O)OC(C)(C)C)CC3)c2C)cn2ncc(Cl)c12)c1ccc(F)cn1. The molecule has 5 rings (SSSR count). The van der Waals surface area contributed by atoms with Gasteiger partial charge in [-0.2, -0.15) is 5.10 Å². The van der Waals surface area contributed by atoms with Crippen molar-refractivity contribution in [2.75, 3.05) is 26.8 Å². The van der Waals surface area contributed by atoms with Crippen molar-refractivity contribution in [1.29, 1.82) is 0 Å². The van der Waals surface area contributed by atoms with Gasteiger partial charge in [0.05, 0.1) is 34.8 Å². The molecule has 1 saturated heterocycles. The Bertz CT molecular complexity index is 1520. The van der Waals surface area contributed by atoms with Crippen LogP contribution >= 0.6 is 11.6 Å². The topological polar surface area (TPSA) is 109 Å². The summed E-state index contributed by atoms with van der Waals surface area (Å²) in [4.78, 5) is 18.3. The molecule has 0 aromatic carbocycles. The molecule has 0 aliphatic carbocycles. The van der Waals surface area contributed by atoms with Crippen molar-refractivity contribution >= 4 is 23.2 Å². The molecule has 1 atom stereocenters. The Kier molecular flexibility index (Phi) is 8.14. The molecular formula is C28H33ClFN7O4. The van der Waals surface area contributed by atoms with Crippen molar-refractivity contribution in [2.45, 2.75) is 58.3 Å². The number of carbonyl (C=O) groups is 1. The predicted molar refractivity (Wildman–Crippen MR) is 149 cm³/mol. The monoisotopic (exact) mass is 585 g/mol. The summed E-state index contributed by atoms with van der Waals surface area (Å²) in [5.74, 6) is 0.0516. The first-order valence-electron chi connectivity index (χ1n) is 13.4. The molecule has 4 aromatic heterocycles. The first-order chi connectivity index (χ1) is 19.5. The van der Waals surface area contributed by atoms with Crippen molar-refractivity contribution < 1.29 is 23.4 Å². The van der Waals surface area contributed by atoms with E-state index >= 15 is 0 Å². The number of aromatic nitrogens is 6. The highest BCUT2D eigenvalue weighted by Crippen LogP contribution is 2.34. The van der Waals surface area contributed by atoms with Gasteiger partial charge in [-0.05, 0) is 58.7 Å². The van der Waals surface area contributed by atoms with Crippen LogP contribution in [0.1, 0.15) is 57.1 Å². The molecule has 13 heteroatoms. The Morgan fingerprint density at radius 3 is 2.63 bits per heavy atom. The summed E-state index contributed by atoms with van der Waals surface area (Å²) in [6, 6.07) is 4.83. The van der Waals surface area contributed by atoms with E-state index in [1.54, 1.807) is 21.7 Å². The summed E-state index contributed by atoms with van der Waals surface area (Å²) in [5.41, 5.74) is 2.91. The van der Waals surface area contributed by atoms with Gasteiger partial charge in [-0.15, -0.1) is 5.10 Å². The Morgan fingerprint density at radius 2 is 1.98 bits per heavy atom. The van der Waals surface area contributed by atoms with Crippen LogP contribution < -0.4 is 4.74 Å². The highest BCUT2D eigenvalue weighted by Gasteiger charge is 2.29. The standard InChI is InChI=1S/C28H33ClFN7O4/c1-17-25(33-34-37(17)20-8-10-35(11-9-20)27(38)41-28(2,3)4)18-12-23(26-21(29)14-32-36(26)15-18)40-16-24(39-5)22-7-6-19(30)13-31-22/h6-7,12-15,20,24H,8-11,16H2,1-5H3. The third-order valence-corrected chi connectivity index (χ3v) is 7.23. The molecular weight excluding hydrogens is 553 g/mol. The van der Waals surface area contributed by atoms with Crippen LogP contribution in [0.15, 0.2) is 36.8 Å². The van der Waals surface area contributed by atoms with Gasteiger partial charge in [0.1, 0.15) is 41.1 Å². The lowest BCUT2D eigenvalue weighted by atomic mass is 10.0. The number of halogens is 2. The fraction of sp³-hybridized carbons (Fsp3) is 0.464. The lowest BCUT2D eigenvalue weighted by molar-refractivity contribution is 0.0183. The summed E-state index contributed by atoms with van der Waals surface area (Å²) >= 11 is 6.45. The summed E-state index contributed by atoms with van der Waals surface area (Å²) in [7, 11) is 1.54. The van der Waals surface area contributed by atoms with Gasteiger partial charge in [0.25, 0.3) is 0 Å². The van der Waals surface area contributed by atoms with Gasteiger partial charge in [0, 0.05) is 32.0 Å². The van der Waals surface area contributed by atoms with Gasteiger partial charge in [-0.3, -0.25) is 4.98 Å². The molecule has 4 aromatic rings. The van der Waals surface area contributed by atoms with Crippen molar-refractivity contribution in [3.8, 4) is 17.0 Å². The second-order valence-corrected chi connectivity index (χ2v) is 11.4. The van der Waals surface area contributed by atoms with E-state index in [-0.39, 0.29) is 18.7 Å². The number of carbonyl (C=O) groups excluding carboxylic acids is 1. The Hall–Kier alpha value is -3.77. The lowest BCUT2D eigenvalue weighted by Crippen LogP contribution is -2.42. The van der Waals surface area contributed by atoms with Crippen LogP contribution in [-0.2, 0) is 9.47 Å². The fourth-order valence-electron chi connectivity index (χ4n) is 4.88. The molecule has 0 N–H and O–H groups in total. The molecule has 0 radical (unpaired) electrons. The minimum atomic E-state index is -0.532. The maximum absolute atomic E-state index is 13.4. The summed E-state index contributed by atoms with van der Waals surface area (Å²) < 4.78 is 34.2. The first-order valence-corrected chi connectivity index (χ1v) is 13.8. The number of ether oxygens (including phenoxy) is 3. The van der Waals surface area contributed by atoms with Crippen molar-refractivity contribution in [3.63, 3.8) is 0 Å². The van der Waals surface area contributed by atoms with Crippen LogP contribution in [0, 0.1) is 12.7 Å². The van der Waals surface area contributed by atoms with Crippen LogP contribution in [0.25, 0.3) is 16.8 Å². The zero-order valence-corrected chi connectivity index (χ0v) is 24.4. The minimum Gasteiger partial charge on any atom is -0.488 e. The quantitative estimate of drug-likeness (QED) is 0.282. The number of likely N-dealkylation sites (tertiary alicyclic amines) is 1. The molecule has 218 valence electrons. The van der Waals surface area contributed by atoms with Gasteiger partial charge in [-0.1, -0.05) is 16.8 Å². The number of amides is 1. The van der Waals surface area contributed by atoms with E-state index in [0.29, 0.717) is 40.8 Å². The van der Waals surface area contributed by atoms with Crippen molar-refractivity contribution in [1.82, 2.24) is 34.5 Å². The highest BCUT2D eigenvalue weighted by atomic mass is 35.5. The third kappa shape index (κ3) is 6.28. The average molecular weight is 586 g/mol. The zero-order chi connectivity index (χ0) is 29.3. The predicted octanol–water partition coefficient (Wildman–Crippen LogP) is 5.43. The van der Waals surface area contributed by atoms with E-state index in [9.17, 15) is 9.18 Å². The maximum Gasteiger partial charge on any atom is 0.410 e. The summed E-state index contributed by atoms with van der Waals surface area (Å²) in [5, 5.41) is 13.8. The molecule has 0 saturated carbocycles. The lowest BCUT2D eigenvalue weighted by Gasteiger charge is -2.33. The molecule has 0 spiro atoms. The Labute approximate surface area is 242 Å². The third-order valence-electron chi connectivity index (χ3n) is 6.95. The number of methoxy groups -OCH3 is 1. The molecule has 1 fully saturated rings. The van der Waals surface area contributed by atoms with Crippen LogP contribution in [0.4, 0.5) is 9.18 Å². The van der Waals surface area contributed by atoms with Gasteiger partial charge in [-0.25, -0.2) is 18.4 Å². The fourth-order valence-corrected chi connectivity index (χ4v) is 5.10. The van der Waals surface area contributed by atoms with Crippen molar-refractivity contribution in [2.24, 2.45) is 0 Å². The van der Waals surface area contributed by atoms with E-state index in [4.69, 9.17) is 25.8 Å². The summed E-state index contributed by atoms with van der Waals surface area (Å²) in [6.45, 7) is 8.82. The average Bonchev–Trinajstić information content (AvgIpc) is 3.51. The molecule has 11 nitrogen and oxygen atoms in total. The number of nitrogens with zero attached hydrogens (tertiary/aromatic N) is 7. The number of fused-ring (bicyclic) bond motifs is 1. The van der Waals surface area contributed by atoms with Gasteiger partial charge in [0.15, 0.2) is 0 Å². The normalized spacial score (nSPS) is 15.3. The van der Waals surface area contributed by atoms with Gasteiger partial charge in [0.2, 0.25) is 0 Å². The first kappa shape index (κ1) is 28.7. The van der Waals surface area contributed by atoms with E-state index in [2.05, 4.69) is 20.4 Å². The van der Waals surface area contributed by atoms with E-state index in [1.807, 2.05) is 44.6 Å². The number of rotatable bonds is 7. The second-order valence-electron chi connectivity index (χ2n) is 11.0. The van der Waals surface area contributed by atoms with E-state index in [1.165, 1.54) is 13.2 Å². The molecule has 1 aliphatic heterocycles. The Morgan fingerprint density at radius 1 is 1.22 bits per heavy atom. The number of piperidine rings is 1. The maximum atomic E-state index is 13.4. The number of hydrogen-bond acceptors (Lipinski definition) is 8. The highest BCUT2D eigenvalue weighted by molar-refractivity contribution is 6.34. The molecule has 0 bridgehead atoms. The summed E-state index contributed by atoms with van der Waals surface area (Å²) in [6.07, 6.45) is 5.16. The van der Waals surface area contributed by atoms with E-state index < -0.39 is 17.5 Å². The van der Waals surface area contributed by atoms with E-state index in [0.717, 1.165) is 30.3 Å². The van der Waals surface area contributed by atoms with Crippen molar-refractivity contribution in [3.05, 3.63) is 59.0 Å². The minimum absolute atomic E-state index is 0.0965. The number of pyridine rings is 2. The second kappa shape index (κ2) is 11.6. The van der Waals surface area contributed by atoms with Gasteiger partial charge >= 0.3 is 6.09 Å². The smallest absolute Gasteiger partial charge is 0.410 e. The molecule has 5 heterocycles.